The monoisotopic (exact) mass is 315 g/mol. The molecule has 0 spiro atoms. The van der Waals surface area contributed by atoms with Gasteiger partial charge in [-0.2, -0.15) is 26.3 Å². The van der Waals surface area contributed by atoms with E-state index in [2.05, 4.69) is 0 Å². The summed E-state index contributed by atoms with van der Waals surface area (Å²) in [5.74, 6) is -0.902. The Hall–Kier alpha value is -1.77. The van der Waals surface area contributed by atoms with Gasteiger partial charge in [-0.15, -0.1) is 0 Å². The van der Waals surface area contributed by atoms with E-state index in [4.69, 9.17) is 5.11 Å². The van der Waals surface area contributed by atoms with Crippen molar-refractivity contribution in [3.63, 3.8) is 0 Å². The summed E-state index contributed by atoms with van der Waals surface area (Å²) in [6.07, 6.45) is -11.3. The third kappa shape index (κ3) is 4.92. The fourth-order valence-corrected chi connectivity index (χ4v) is 1.46. The summed E-state index contributed by atoms with van der Waals surface area (Å²) in [6, 6.07) is 1.02. The zero-order chi connectivity index (χ0) is 16.4. The minimum Gasteiger partial charge on any atom is -0.384 e. The fraction of sp³-hybridized carbons (Fsp3) is 0.417. The molecule has 21 heavy (non-hydrogen) atoms. The van der Waals surface area contributed by atoms with Crippen molar-refractivity contribution in [1.29, 1.82) is 0 Å². The molecule has 0 radical (unpaired) electrons. The first-order valence-corrected chi connectivity index (χ1v) is 5.65. The maximum absolute atomic E-state index is 12.6. The molecular weight excluding hydrogens is 304 g/mol. The molecule has 1 aromatic rings. The number of benzene rings is 1. The summed E-state index contributed by atoms with van der Waals surface area (Å²) in [5, 5.41) is 10.9. The first-order chi connectivity index (χ1) is 9.41. The van der Waals surface area contributed by atoms with Gasteiger partial charge in [0.05, 0.1) is 11.1 Å². The molecule has 0 saturated carbocycles. The van der Waals surface area contributed by atoms with E-state index in [1.807, 2.05) is 5.32 Å². The Morgan fingerprint density at radius 2 is 1.52 bits per heavy atom. The standard InChI is InChI=1S/C12H11F6NO2/c1-6(20)10(21)19-5-7-2-8(11(13,14)15)4-9(3-7)12(16,17)18/h2-4,6,20H,5H2,1H3,(H,19,21)/t6-/m0/s1. The molecule has 0 aromatic heterocycles. The molecule has 118 valence electrons. The number of halogens is 6. The number of aliphatic hydroxyl groups excluding tert-OH is 1. The molecule has 0 saturated heterocycles. The number of aliphatic hydroxyl groups is 1. The van der Waals surface area contributed by atoms with Crippen LogP contribution in [-0.4, -0.2) is 17.1 Å². The van der Waals surface area contributed by atoms with Crippen molar-refractivity contribution in [2.45, 2.75) is 31.9 Å². The SMILES string of the molecule is C[C@H](O)C(=O)NCc1cc(C(F)(F)F)cc(C(F)(F)F)c1. The second-order valence-corrected chi connectivity index (χ2v) is 4.31. The summed E-state index contributed by atoms with van der Waals surface area (Å²) in [6.45, 7) is 0.555. The molecule has 0 aliphatic rings. The molecule has 9 heteroatoms. The van der Waals surface area contributed by atoms with Crippen LogP contribution in [0.4, 0.5) is 26.3 Å². The maximum Gasteiger partial charge on any atom is 0.416 e. The molecule has 0 heterocycles. The highest BCUT2D eigenvalue weighted by molar-refractivity contribution is 5.79. The lowest BCUT2D eigenvalue weighted by molar-refractivity contribution is -0.143. The highest BCUT2D eigenvalue weighted by Crippen LogP contribution is 2.36. The molecule has 0 aliphatic carbocycles. The number of rotatable bonds is 3. The predicted molar refractivity (Wildman–Crippen MR) is 60.0 cm³/mol. The molecule has 1 aromatic carbocycles. The number of nitrogens with one attached hydrogen (secondary N) is 1. The Balaban J connectivity index is 3.11. The smallest absolute Gasteiger partial charge is 0.384 e. The number of carbonyl (C=O) groups is 1. The van der Waals surface area contributed by atoms with Crippen LogP contribution in [0.5, 0.6) is 0 Å². The molecule has 0 aliphatic heterocycles. The molecule has 1 rings (SSSR count). The summed E-state index contributed by atoms with van der Waals surface area (Å²) in [4.78, 5) is 11.1. The van der Waals surface area contributed by atoms with E-state index in [1.165, 1.54) is 0 Å². The van der Waals surface area contributed by atoms with Crippen LogP contribution in [0.3, 0.4) is 0 Å². The van der Waals surface area contributed by atoms with Crippen molar-refractivity contribution in [1.82, 2.24) is 5.32 Å². The van der Waals surface area contributed by atoms with E-state index < -0.39 is 42.0 Å². The molecule has 1 amide bonds. The average Bonchev–Trinajstić information content (AvgIpc) is 2.33. The third-order valence-corrected chi connectivity index (χ3v) is 2.49. The molecule has 0 bridgehead atoms. The lowest BCUT2D eigenvalue weighted by atomic mass is 10.0. The minimum atomic E-state index is -4.94. The zero-order valence-electron chi connectivity index (χ0n) is 10.6. The zero-order valence-corrected chi connectivity index (χ0v) is 10.6. The van der Waals surface area contributed by atoms with Gasteiger partial charge >= 0.3 is 12.4 Å². The summed E-state index contributed by atoms with van der Waals surface area (Å²) in [5.41, 5.74) is -3.29. The van der Waals surface area contributed by atoms with Crippen LogP contribution in [0.1, 0.15) is 23.6 Å². The Labute approximate surface area is 115 Å². The highest BCUT2D eigenvalue weighted by Gasteiger charge is 2.36. The van der Waals surface area contributed by atoms with E-state index in [-0.39, 0.29) is 11.6 Å². The molecule has 0 unspecified atom stereocenters. The first-order valence-electron chi connectivity index (χ1n) is 5.65. The summed E-state index contributed by atoms with van der Waals surface area (Å²) < 4.78 is 75.4. The van der Waals surface area contributed by atoms with E-state index in [9.17, 15) is 31.1 Å². The van der Waals surface area contributed by atoms with Crippen molar-refractivity contribution in [2.75, 3.05) is 0 Å². The second kappa shape index (κ2) is 5.92. The Kier molecular flexibility index (Phi) is 4.87. The number of hydrogen-bond acceptors (Lipinski definition) is 2. The quantitative estimate of drug-likeness (QED) is 0.843. The Morgan fingerprint density at radius 1 is 1.10 bits per heavy atom. The van der Waals surface area contributed by atoms with Gasteiger partial charge in [0.15, 0.2) is 0 Å². The largest absolute Gasteiger partial charge is 0.416 e. The lowest BCUT2D eigenvalue weighted by Gasteiger charge is -2.15. The third-order valence-electron chi connectivity index (χ3n) is 2.49. The van der Waals surface area contributed by atoms with Gasteiger partial charge in [-0.05, 0) is 30.7 Å². The Morgan fingerprint density at radius 3 is 1.86 bits per heavy atom. The number of alkyl halides is 6. The van der Waals surface area contributed by atoms with Crippen LogP contribution >= 0.6 is 0 Å². The topological polar surface area (TPSA) is 49.3 Å². The molecule has 2 N–H and O–H groups in total. The maximum atomic E-state index is 12.6. The Bertz CT molecular complexity index is 489. The van der Waals surface area contributed by atoms with Crippen LogP contribution < -0.4 is 5.32 Å². The molecule has 0 fully saturated rings. The molecule has 1 atom stereocenters. The fourth-order valence-electron chi connectivity index (χ4n) is 1.46. The van der Waals surface area contributed by atoms with E-state index in [0.717, 1.165) is 6.92 Å². The summed E-state index contributed by atoms with van der Waals surface area (Å²) >= 11 is 0. The van der Waals surface area contributed by atoms with Gasteiger partial charge in [0, 0.05) is 6.54 Å². The van der Waals surface area contributed by atoms with Crippen molar-refractivity contribution in [3.05, 3.63) is 34.9 Å². The van der Waals surface area contributed by atoms with Crippen LogP contribution in [0, 0.1) is 0 Å². The minimum absolute atomic E-state index is 0.0000106. The lowest BCUT2D eigenvalue weighted by Crippen LogP contribution is -2.32. The van der Waals surface area contributed by atoms with Gasteiger partial charge in [-0.3, -0.25) is 4.79 Å². The normalized spacial score (nSPS) is 13.9. The van der Waals surface area contributed by atoms with Crippen molar-refractivity contribution >= 4 is 5.91 Å². The van der Waals surface area contributed by atoms with Gasteiger partial charge < -0.3 is 10.4 Å². The van der Waals surface area contributed by atoms with E-state index in [1.54, 1.807) is 0 Å². The highest BCUT2D eigenvalue weighted by atomic mass is 19.4. The van der Waals surface area contributed by atoms with E-state index >= 15 is 0 Å². The van der Waals surface area contributed by atoms with Crippen molar-refractivity contribution < 1.29 is 36.2 Å². The van der Waals surface area contributed by atoms with Gasteiger partial charge in [0.25, 0.3) is 0 Å². The molecular formula is C12H11F6NO2. The first kappa shape index (κ1) is 17.3. The number of amides is 1. The van der Waals surface area contributed by atoms with Crippen molar-refractivity contribution in [3.8, 4) is 0 Å². The van der Waals surface area contributed by atoms with E-state index in [0.29, 0.717) is 12.1 Å². The number of carbonyl (C=O) groups excluding carboxylic acids is 1. The van der Waals surface area contributed by atoms with Crippen LogP contribution in [-0.2, 0) is 23.7 Å². The van der Waals surface area contributed by atoms with Gasteiger partial charge in [-0.1, -0.05) is 0 Å². The van der Waals surface area contributed by atoms with Crippen LogP contribution in [0.2, 0.25) is 0 Å². The number of hydrogen-bond donors (Lipinski definition) is 2. The van der Waals surface area contributed by atoms with Gasteiger partial charge in [0.2, 0.25) is 5.91 Å². The molecule has 3 nitrogen and oxygen atoms in total. The predicted octanol–water partition coefficient (Wildman–Crippen LogP) is 2.72. The summed E-state index contributed by atoms with van der Waals surface area (Å²) in [7, 11) is 0. The van der Waals surface area contributed by atoms with Gasteiger partial charge in [-0.25, -0.2) is 0 Å². The van der Waals surface area contributed by atoms with Gasteiger partial charge in [0.1, 0.15) is 6.10 Å². The second-order valence-electron chi connectivity index (χ2n) is 4.31. The van der Waals surface area contributed by atoms with Crippen molar-refractivity contribution in [2.24, 2.45) is 0 Å². The van der Waals surface area contributed by atoms with Crippen LogP contribution in [0.15, 0.2) is 18.2 Å². The van der Waals surface area contributed by atoms with Crippen LogP contribution in [0.25, 0.3) is 0 Å². The average molecular weight is 315 g/mol.